The first kappa shape index (κ1) is 10.8. The molecule has 2 atom stereocenters. The van der Waals surface area contributed by atoms with Gasteiger partial charge < -0.3 is 5.32 Å². The highest BCUT2D eigenvalue weighted by Gasteiger charge is 2.48. The number of hydrogen-bond donors (Lipinski definition) is 1. The second kappa shape index (κ2) is 3.71. The minimum atomic E-state index is 0.401. The van der Waals surface area contributed by atoms with E-state index in [1.165, 1.54) is 38.0 Å². The van der Waals surface area contributed by atoms with Crippen molar-refractivity contribution in [3.63, 3.8) is 0 Å². The summed E-state index contributed by atoms with van der Waals surface area (Å²) in [7, 11) is 0. The molecule has 1 spiro atoms. The van der Waals surface area contributed by atoms with E-state index in [0.717, 1.165) is 5.92 Å². The molecule has 0 aromatic heterocycles. The quantitative estimate of drug-likeness (QED) is 0.663. The summed E-state index contributed by atoms with van der Waals surface area (Å²) >= 11 is 2.19. The van der Waals surface area contributed by atoms with E-state index in [1.807, 2.05) is 0 Å². The molecule has 1 aliphatic carbocycles. The predicted molar refractivity (Wildman–Crippen MR) is 64.6 cm³/mol. The lowest BCUT2D eigenvalue weighted by Crippen LogP contribution is -2.59. The molecule has 0 aromatic rings. The molecular weight excluding hydrogens is 190 g/mol. The molecular formula is C12H23NS. The lowest BCUT2D eigenvalue weighted by molar-refractivity contribution is 0.131. The predicted octanol–water partition coefficient (Wildman–Crippen LogP) is 3.26. The van der Waals surface area contributed by atoms with Crippen molar-refractivity contribution >= 4 is 11.8 Å². The standard InChI is InChI=1S/C12H23NS/c1-10-8-13-12(14-9-10)7-5-4-6-11(12,2)3/h10,13H,4-9H2,1-3H3. The van der Waals surface area contributed by atoms with Crippen molar-refractivity contribution in [2.75, 3.05) is 12.3 Å². The van der Waals surface area contributed by atoms with Gasteiger partial charge >= 0.3 is 0 Å². The van der Waals surface area contributed by atoms with Crippen LogP contribution >= 0.6 is 11.8 Å². The zero-order chi connectivity index (χ0) is 10.2. The van der Waals surface area contributed by atoms with Gasteiger partial charge in [0.2, 0.25) is 0 Å². The summed E-state index contributed by atoms with van der Waals surface area (Å²) < 4.78 is 0. The van der Waals surface area contributed by atoms with Gasteiger partial charge in [-0.05, 0) is 36.5 Å². The van der Waals surface area contributed by atoms with Crippen molar-refractivity contribution < 1.29 is 0 Å². The second-order valence-electron chi connectivity index (χ2n) is 5.72. The summed E-state index contributed by atoms with van der Waals surface area (Å²) in [6.45, 7) is 8.46. The van der Waals surface area contributed by atoms with Gasteiger partial charge in [0.25, 0.3) is 0 Å². The van der Waals surface area contributed by atoms with Crippen molar-refractivity contribution in [1.29, 1.82) is 0 Å². The SMILES string of the molecule is CC1CNC2(CCCCC2(C)C)SC1. The lowest BCUT2D eigenvalue weighted by atomic mass is 9.72. The Kier molecular flexibility index (Phi) is 2.87. The Morgan fingerprint density at radius 2 is 1.93 bits per heavy atom. The van der Waals surface area contributed by atoms with E-state index in [1.54, 1.807) is 0 Å². The van der Waals surface area contributed by atoms with Crippen molar-refractivity contribution in [1.82, 2.24) is 5.32 Å². The summed E-state index contributed by atoms with van der Waals surface area (Å²) in [5.74, 6) is 2.19. The molecule has 0 aromatic carbocycles. The maximum Gasteiger partial charge on any atom is 0.0696 e. The van der Waals surface area contributed by atoms with Gasteiger partial charge in [-0.1, -0.05) is 33.6 Å². The molecule has 14 heavy (non-hydrogen) atoms. The highest BCUT2D eigenvalue weighted by atomic mass is 32.2. The topological polar surface area (TPSA) is 12.0 Å². The van der Waals surface area contributed by atoms with Gasteiger partial charge in [-0.15, -0.1) is 11.8 Å². The second-order valence-corrected chi connectivity index (χ2v) is 7.03. The van der Waals surface area contributed by atoms with Gasteiger partial charge in [0.05, 0.1) is 4.87 Å². The molecule has 1 nitrogen and oxygen atoms in total. The van der Waals surface area contributed by atoms with Crippen LogP contribution in [0, 0.1) is 11.3 Å². The third kappa shape index (κ3) is 1.71. The van der Waals surface area contributed by atoms with Crippen molar-refractivity contribution in [3.05, 3.63) is 0 Å². The zero-order valence-electron chi connectivity index (χ0n) is 9.73. The number of thioether (sulfide) groups is 1. The molecule has 1 heterocycles. The van der Waals surface area contributed by atoms with Crippen LogP contribution in [0.15, 0.2) is 0 Å². The molecule has 2 heteroatoms. The Morgan fingerprint density at radius 3 is 2.50 bits per heavy atom. The van der Waals surface area contributed by atoms with Gasteiger partial charge in [-0.3, -0.25) is 0 Å². The number of rotatable bonds is 0. The van der Waals surface area contributed by atoms with Crippen molar-refractivity contribution in [2.45, 2.75) is 51.3 Å². The maximum absolute atomic E-state index is 3.84. The summed E-state index contributed by atoms with van der Waals surface area (Å²) in [6.07, 6.45) is 5.60. The van der Waals surface area contributed by atoms with Gasteiger partial charge in [0.1, 0.15) is 0 Å². The fourth-order valence-corrected chi connectivity index (χ4v) is 4.46. The molecule has 0 bridgehead atoms. The summed E-state index contributed by atoms with van der Waals surface area (Å²) in [5.41, 5.74) is 0.482. The smallest absolute Gasteiger partial charge is 0.0696 e. The Labute approximate surface area is 92.4 Å². The van der Waals surface area contributed by atoms with Crippen LogP contribution in [0.5, 0.6) is 0 Å². The molecule has 1 saturated carbocycles. The fraction of sp³-hybridized carbons (Fsp3) is 1.00. The molecule has 0 radical (unpaired) electrons. The third-order valence-electron chi connectivity index (χ3n) is 4.02. The highest BCUT2D eigenvalue weighted by Crippen LogP contribution is 2.51. The van der Waals surface area contributed by atoms with Gasteiger partial charge in [-0.25, -0.2) is 0 Å². The Hall–Kier alpha value is 0.310. The van der Waals surface area contributed by atoms with Crippen LogP contribution in [0.4, 0.5) is 0 Å². The first-order chi connectivity index (χ1) is 6.56. The van der Waals surface area contributed by atoms with Crippen LogP contribution in [0.3, 0.4) is 0 Å². The largest absolute Gasteiger partial charge is 0.302 e. The van der Waals surface area contributed by atoms with E-state index in [4.69, 9.17) is 0 Å². The monoisotopic (exact) mass is 213 g/mol. The van der Waals surface area contributed by atoms with Crippen LogP contribution < -0.4 is 5.32 Å². The molecule has 1 saturated heterocycles. The molecule has 2 aliphatic rings. The van der Waals surface area contributed by atoms with Crippen LogP contribution in [0.1, 0.15) is 46.5 Å². The Bertz CT molecular complexity index is 204. The third-order valence-corrected chi connectivity index (χ3v) is 6.15. The van der Waals surface area contributed by atoms with Gasteiger partial charge in [0, 0.05) is 0 Å². The molecule has 0 amide bonds. The van der Waals surface area contributed by atoms with E-state index >= 15 is 0 Å². The average Bonchev–Trinajstić information content (AvgIpc) is 2.14. The highest BCUT2D eigenvalue weighted by molar-refractivity contribution is 8.00. The Balaban J connectivity index is 2.12. The zero-order valence-corrected chi connectivity index (χ0v) is 10.5. The first-order valence-electron chi connectivity index (χ1n) is 5.95. The molecule has 2 fully saturated rings. The number of hydrogen-bond acceptors (Lipinski definition) is 2. The van der Waals surface area contributed by atoms with Crippen LogP contribution in [0.25, 0.3) is 0 Å². The molecule has 2 rings (SSSR count). The summed E-state index contributed by atoms with van der Waals surface area (Å²) in [6, 6.07) is 0. The van der Waals surface area contributed by atoms with E-state index < -0.39 is 0 Å². The Morgan fingerprint density at radius 1 is 1.21 bits per heavy atom. The van der Waals surface area contributed by atoms with Crippen molar-refractivity contribution in [2.24, 2.45) is 11.3 Å². The maximum atomic E-state index is 3.84. The summed E-state index contributed by atoms with van der Waals surface area (Å²) in [5, 5.41) is 3.84. The number of nitrogens with one attached hydrogen (secondary N) is 1. The lowest BCUT2D eigenvalue weighted by Gasteiger charge is -2.53. The van der Waals surface area contributed by atoms with E-state index in [2.05, 4.69) is 37.8 Å². The van der Waals surface area contributed by atoms with Crippen LogP contribution in [-0.2, 0) is 0 Å². The molecule has 2 unspecified atom stereocenters. The first-order valence-corrected chi connectivity index (χ1v) is 6.93. The van der Waals surface area contributed by atoms with Crippen LogP contribution in [0.2, 0.25) is 0 Å². The van der Waals surface area contributed by atoms with Gasteiger partial charge in [-0.2, -0.15) is 0 Å². The fourth-order valence-electron chi connectivity index (χ4n) is 2.81. The average molecular weight is 213 g/mol. The molecule has 82 valence electrons. The summed E-state index contributed by atoms with van der Waals surface area (Å²) in [4.78, 5) is 0.401. The van der Waals surface area contributed by atoms with Crippen molar-refractivity contribution in [3.8, 4) is 0 Å². The minimum absolute atomic E-state index is 0.401. The van der Waals surface area contributed by atoms with E-state index in [0.29, 0.717) is 10.3 Å². The van der Waals surface area contributed by atoms with E-state index in [-0.39, 0.29) is 0 Å². The van der Waals surface area contributed by atoms with Crippen LogP contribution in [-0.4, -0.2) is 17.2 Å². The normalized spacial score (nSPS) is 42.6. The minimum Gasteiger partial charge on any atom is -0.302 e. The van der Waals surface area contributed by atoms with Gasteiger partial charge in [0.15, 0.2) is 0 Å². The molecule has 1 aliphatic heterocycles. The van der Waals surface area contributed by atoms with E-state index in [9.17, 15) is 0 Å². The molecule has 1 N–H and O–H groups in total.